The molecule has 0 aromatic rings. The Balaban J connectivity index is 3.80. The van der Waals surface area contributed by atoms with Crippen LogP contribution in [-0.2, 0) is 24.0 Å². The molecule has 36 heavy (non-hydrogen) atoms. The second kappa shape index (κ2) is 21.8. The topological polar surface area (TPSA) is 176 Å². The summed E-state index contributed by atoms with van der Waals surface area (Å²) in [5.74, 6) is -2.54. The van der Waals surface area contributed by atoms with E-state index in [0.717, 1.165) is 57.8 Å². The molecule has 0 saturated heterocycles. The van der Waals surface area contributed by atoms with E-state index in [9.17, 15) is 29.1 Å². The van der Waals surface area contributed by atoms with Crippen LogP contribution in [0.1, 0.15) is 116 Å². The van der Waals surface area contributed by atoms with Crippen molar-refractivity contribution in [2.45, 2.75) is 128 Å². The summed E-state index contributed by atoms with van der Waals surface area (Å²) in [6, 6.07) is -1.56. The van der Waals surface area contributed by atoms with Crippen LogP contribution in [0.5, 0.6) is 0 Å². The zero-order chi connectivity index (χ0) is 27.2. The molecule has 0 aromatic carbocycles. The van der Waals surface area contributed by atoms with Crippen LogP contribution in [-0.4, -0.2) is 58.4 Å². The maximum Gasteiger partial charge on any atom is 0.326 e. The normalized spacial score (nSPS) is 12.5. The number of carbonyl (C=O) groups is 5. The van der Waals surface area contributed by atoms with Crippen molar-refractivity contribution in [3.8, 4) is 0 Å². The van der Waals surface area contributed by atoms with E-state index >= 15 is 0 Å². The minimum Gasteiger partial charge on any atom is -0.481 e. The van der Waals surface area contributed by atoms with E-state index in [0.29, 0.717) is 32.2 Å². The highest BCUT2D eigenvalue weighted by Gasteiger charge is 2.20. The molecule has 208 valence electrons. The number of hydrogen-bond acceptors (Lipinski definition) is 6. The smallest absolute Gasteiger partial charge is 0.326 e. The molecule has 10 nitrogen and oxygen atoms in total. The van der Waals surface area contributed by atoms with E-state index in [1.807, 2.05) is 0 Å². The van der Waals surface area contributed by atoms with Gasteiger partial charge in [0.15, 0.2) is 0 Å². The third kappa shape index (κ3) is 20.8. The molecule has 10 heteroatoms. The molecular weight excluding hydrogens is 466 g/mol. The van der Waals surface area contributed by atoms with E-state index in [4.69, 9.17) is 10.8 Å². The van der Waals surface area contributed by atoms with Crippen LogP contribution in [0.25, 0.3) is 0 Å². The van der Waals surface area contributed by atoms with Crippen LogP contribution >= 0.6 is 0 Å². The van der Waals surface area contributed by atoms with Gasteiger partial charge in [0.05, 0.1) is 6.04 Å². The Morgan fingerprint density at radius 2 is 1.19 bits per heavy atom. The molecule has 0 aromatic heterocycles. The average Bonchev–Trinajstić information content (AvgIpc) is 2.81. The predicted octanol–water partition coefficient (Wildman–Crippen LogP) is 3.30. The Hall–Kier alpha value is -2.49. The third-order valence-electron chi connectivity index (χ3n) is 6.12. The first-order valence-electron chi connectivity index (χ1n) is 13.4. The van der Waals surface area contributed by atoms with Crippen molar-refractivity contribution >= 4 is 29.5 Å². The minimum atomic E-state index is -1.16. The van der Waals surface area contributed by atoms with Gasteiger partial charge in [0.25, 0.3) is 0 Å². The third-order valence-corrected chi connectivity index (χ3v) is 6.12. The number of carboxylic acid groups (broad SMARTS) is 2. The predicted molar refractivity (Wildman–Crippen MR) is 137 cm³/mol. The molecule has 0 saturated carbocycles. The second-order valence-corrected chi connectivity index (χ2v) is 9.49. The first-order chi connectivity index (χ1) is 17.1. The highest BCUT2D eigenvalue weighted by atomic mass is 16.4. The zero-order valence-corrected chi connectivity index (χ0v) is 21.9. The number of unbranched alkanes of at least 4 members (excludes halogenated alkanes) is 10. The Morgan fingerprint density at radius 3 is 1.69 bits per heavy atom. The number of carboxylic acids is 2. The van der Waals surface area contributed by atoms with Crippen LogP contribution in [0, 0.1) is 0 Å². The van der Waals surface area contributed by atoms with Crippen LogP contribution in [0.4, 0.5) is 0 Å². The fraction of sp³-hybridized carbons (Fsp3) is 0.808. The summed E-state index contributed by atoms with van der Waals surface area (Å²) in [6.07, 6.45) is 12.4. The summed E-state index contributed by atoms with van der Waals surface area (Å²) >= 11 is 0. The van der Waals surface area contributed by atoms with E-state index in [1.165, 1.54) is 6.92 Å². The number of nitrogens with two attached hydrogens (primary N) is 1. The molecule has 0 aliphatic rings. The van der Waals surface area contributed by atoms with Gasteiger partial charge in [-0.25, -0.2) is 4.79 Å². The number of nitrogens with one attached hydrogen (secondary N) is 2. The van der Waals surface area contributed by atoms with Gasteiger partial charge in [-0.15, -0.1) is 0 Å². The average molecular weight is 514 g/mol. The maximum atomic E-state index is 12.1. The Bertz CT molecular complexity index is 670. The van der Waals surface area contributed by atoms with E-state index in [1.54, 1.807) is 0 Å². The lowest BCUT2D eigenvalue weighted by Crippen LogP contribution is -2.41. The van der Waals surface area contributed by atoms with Crippen molar-refractivity contribution in [2.75, 3.05) is 6.54 Å². The van der Waals surface area contributed by atoms with Gasteiger partial charge < -0.3 is 26.6 Å². The number of hydrogen-bond donors (Lipinski definition) is 5. The van der Waals surface area contributed by atoms with Crippen LogP contribution in [0.15, 0.2) is 0 Å². The van der Waals surface area contributed by atoms with Gasteiger partial charge in [-0.1, -0.05) is 51.4 Å². The molecule has 0 rings (SSSR count). The quantitative estimate of drug-likeness (QED) is 0.122. The number of rotatable bonds is 24. The van der Waals surface area contributed by atoms with E-state index in [2.05, 4.69) is 10.6 Å². The summed E-state index contributed by atoms with van der Waals surface area (Å²) in [6.45, 7) is 1.88. The minimum absolute atomic E-state index is 0.00374. The lowest BCUT2D eigenvalue weighted by Gasteiger charge is -2.14. The first kappa shape index (κ1) is 33.5. The van der Waals surface area contributed by atoms with Crippen LogP contribution in [0.3, 0.4) is 0 Å². The number of amides is 2. The summed E-state index contributed by atoms with van der Waals surface area (Å²) < 4.78 is 0. The molecule has 0 heterocycles. The fourth-order valence-corrected chi connectivity index (χ4v) is 3.78. The molecule has 0 aliphatic heterocycles. The van der Waals surface area contributed by atoms with Crippen molar-refractivity contribution in [3.63, 3.8) is 0 Å². The largest absolute Gasteiger partial charge is 0.481 e. The van der Waals surface area contributed by atoms with Gasteiger partial charge in [-0.2, -0.15) is 0 Å². The molecule has 0 fully saturated rings. The molecule has 6 N–H and O–H groups in total. The molecular formula is C26H47N3O7. The molecule has 0 spiro atoms. The van der Waals surface area contributed by atoms with Crippen molar-refractivity contribution in [2.24, 2.45) is 5.73 Å². The van der Waals surface area contributed by atoms with Gasteiger partial charge >= 0.3 is 11.9 Å². The molecule has 2 atom stereocenters. The van der Waals surface area contributed by atoms with Gasteiger partial charge in [0, 0.05) is 25.8 Å². The van der Waals surface area contributed by atoms with Crippen molar-refractivity contribution in [1.82, 2.24) is 10.6 Å². The summed E-state index contributed by atoms with van der Waals surface area (Å²) in [5.41, 5.74) is 5.65. The molecule has 0 unspecified atom stereocenters. The van der Waals surface area contributed by atoms with Gasteiger partial charge in [0.1, 0.15) is 11.8 Å². The highest BCUT2D eigenvalue weighted by molar-refractivity contribution is 5.84. The molecule has 0 aliphatic carbocycles. The number of aliphatic carboxylic acids is 2. The second-order valence-electron chi connectivity index (χ2n) is 9.49. The highest BCUT2D eigenvalue weighted by Crippen LogP contribution is 2.12. The number of Topliss-reactive ketones (excluding diaryl/α,β-unsaturated/α-hetero) is 1. The summed E-state index contributed by atoms with van der Waals surface area (Å²) in [4.78, 5) is 57.0. The number of carbonyl (C=O) groups excluding carboxylic acids is 3. The maximum absolute atomic E-state index is 12.1. The summed E-state index contributed by atoms with van der Waals surface area (Å²) in [7, 11) is 0. The van der Waals surface area contributed by atoms with Gasteiger partial charge in [0.2, 0.25) is 11.8 Å². The summed E-state index contributed by atoms with van der Waals surface area (Å²) in [5, 5.41) is 23.2. The Morgan fingerprint density at radius 1 is 0.667 bits per heavy atom. The van der Waals surface area contributed by atoms with E-state index < -0.39 is 24.0 Å². The van der Waals surface area contributed by atoms with Gasteiger partial charge in [-0.05, 0) is 45.4 Å². The van der Waals surface area contributed by atoms with Crippen molar-refractivity contribution in [3.05, 3.63) is 0 Å². The SMILES string of the molecule is CC(=O)[C@@H](N)CCCCNC(=O)CC[C@H](NC(=O)CCCCCCCCCCCCC(=O)O)C(=O)O. The Labute approximate surface area is 215 Å². The lowest BCUT2D eigenvalue weighted by atomic mass is 10.0. The Kier molecular flexibility index (Phi) is 20.3. The first-order valence-corrected chi connectivity index (χ1v) is 13.4. The van der Waals surface area contributed by atoms with Crippen molar-refractivity contribution < 1.29 is 34.2 Å². The standard InChI is InChI=1S/C26H47N3O7/c1-20(30)21(27)14-12-13-19-28-23(31)18-17-22(26(35)36)29-24(32)15-10-8-6-4-2-3-5-7-9-11-16-25(33)34/h21-22H,2-19,27H2,1H3,(H,28,31)(H,29,32)(H,33,34)(H,35,36)/t21-,22-/m0/s1. The monoisotopic (exact) mass is 513 g/mol. The molecule has 2 amide bonds. The number of ketones is 1. The van der Waals surface area contributed by atoms with Gasteiger partial charge in [-0.3, -0.25) is 19.2 Å². The van der Waals surface area contributed by atoms with Crippen LogP contribution < -0.4 is 16.4 Å². The van der Waals surface area contributed by atoms with E-state index in [-0.39, 0.29) is 43.3 Å². The van der Waals surface area contributed by atoms with Crippen molar-refractivity contribution in [1.29, 1.82) is 0 Å². The molecule has 0 radical (unpaired) electrons. The fourth-order valence-electron chi connectivity index (χ4n) is 3.78. The molecule has 0 bridgehead atoms. The van der Waals surface area contributed by atoms with Crippen LogP contribution in [0.2, 0.25) is 0 Å². The lowest BCUT2D eigenvalue weighted by molar-refractivity contribution is -0.142. The zero-order valence-electron chi connectivity index (χ0n) is 21.9.